The molecule has 2 aliphatic heterocycles. The first-order valence-corrected chi connectivity index (χ1v) is 7.42. The summed E-state index contributed by atoms with van der Waals surface area (Å²) in [4.78, 5) is 2.52. The molecule has 3 atom stereocenters. The molecular weight excluding hydrogens is 228 g/mol. The van der Waals surface area contributed by atoms with E-state index in [-0.39, 0.29) is 0 Å². The fourth-order valence-electron chi connectivity index (χ4n) is 3.03. The van der Waals surface area contributed by atoms with E-state index >= 15 is 0 Å². The minimum Gasteiger partial charge on any atom is -0.381 e. The highest BCUT2D eigenvalue weighted by Gasteiger charge is 2.27. The highest BCUT2D eigenvalue weighted by Crippen LogP contribution is 2.19. The normalized spacial score (nSPS) is 30.2. The summed E-state index contributed by atoms with van der Waals surface area (Å²) in [5, 5.41) is 3.47. The molecular formula is C14H28N2O2. The predicted molar refractivity (Wildman–Crippen MR) is 72.9 cm³/mol. The highest BCUT2D eigenvalue weighted by atomic mass is 16.5. The summed E-state index contributed by atoms with van der Waals surface area (Å²) in [5.74, 6) is 0.675. The van der Waals surface area contributed by atoms with Crippen LogP contribution in [0, 0.1) is 5.92 Å². The summed E-state index contributed by atoms with van der Waals surface area (Å²) in [6, 6.07) is 0.550. The van der Waals surface area contributed by atoms with Crippen LogP contribution in [0.2, 0.25) is 0 Å². The number of hydrogen-bond donors (Lipinski definition) is 1. The van der Waals surface area contributed by atoms with E-state index in [2.05, 4.69) is 24.2 Å². The Morgan fingerprint density at radius 1 is 1.33 bits per heavy atom. The summed E-state index contributed by atoms with van der Waals surface area (Å²) in [5.41, 5.74) is 0. The van der Waals surface area contributed by atoms with Gasteiger partial charge in [0.25, 0.3) is 0 Å². The van der Waals surface area contributed by atoms with E-state index in [0.717, 1.165) is 39.5 Å². The lowest BCUT2D eigenvalue weighted by Gasteiger charge is -2.30. The standard InChI is InChI=1S/C14H28N2O2/c1-3-16(9-13-5-4-7-18-13)10-14(15-2)12-6-8-17-11-12/h12-15H,3-11H2,1-2H3. The molecule has 0 radical (unpaired) electrons. The van der Waals surface area contributed by atoms with Gasteiger partial charge in [-0.05, 0) is 32.9 Å². The zero-order valence-electron chi connectivity index (χ0n) is 11.9. The van der Waals surface area contributed by atoms with Crippen LogP contribution < -0.4 is 5.32 Å². The number of nitrogens with zero attached hydrogens (tertiary/aromatic N) is 1. The minimum atomic E-state index is 0.460. The molecule has 0 amide bonds. The number of nitrogens with one attached hydrogen (secondary N) is 1. The number of ether oxygens (including phenoxy) is 2. The van der Waals surface area contributed by atoms with Gasteiger partial charge in [-0.25, -0.2) is 0 Å². The molecule has 0 aromatic rings. The van der Waals surface area contributed by atoms with Crippen LogP contribution in [0.25, 0.3) is 0 Å². The fraction of sp³-hybridized carbons (Fsp3) is 1.00. The third-order valence-electron chi connectivity index (χ3n) is 4.29. The lowest BCUT2D eigenvalue weighted by molar-refractivity contribution is 0.0681. The highest BCUT2D eigenvalue weighted by molar-refractivity contribution is 4.82. The lowest BCUT2D eigenvalue weighted by atomic mass is 9.98. The minimum absolute atomic E-state index is 0.460. The zero-order valence-corrected chi connectivity index (χ0v) is 11.9. The van der Waals surface area contributed by atoms with Gasteiger partial charge in [-0.2, -0.15) is 0 Å². The van der Waals surface area contributed by atoms with Crippen LogP contribution in [0.5, 0.6) is 0 Å². The molecule has 0 bridgehead atoms. The summed E-state index contributed by atoms with van der Waals surface area (Å²) >= 11 is 0. The molecule has 2 saturated heterocycles. The van der Waals surface area contributed by atoms with Gasteiger partial charge in [0.15, 0.2) is 0 Å². The van der Waals surface area contributed by atoms with E-state index in [1.165, 1.54) is 19.3 Å². The molecule has 18 heavy (non-hydrogen) atoms. The van der Waals surface area contributed by atoms with Crippen molar-refractivity contribution in [3.05, 3.63) is 0 Å². The Hall–Kier alpha value is -0.160. The molecule has 0 aromatic carbocycles. The van der Waals surface area contributed by atoms with Crippen molar-refractivity contribution in [3.63, 3.8) is 0 Å². The number of rotatable bonds is 7. The fourth-order valence-corrected chi connectivity index (χ4v) is 3.03. The van der Waals surface area contributed by atoms with Gasteiger partial charge in [0.2, 0.25) is 0 Å². The van der Waals surface area contributed by atoms with Crippen molar-refractivity contribution in [2.45, 2.75) is 38.3 Å². The second-order valence-electron chi connectivity index (χ2n) is 5.51. The average molecular weight is 256 g/mol. The van der Waals surface area contributed by atoms with Crippen molar-refractivity contribution in [2.75, 3.05) is 46.5 Å². The first kappa shape index (κ1) is 14.3. The molecule has 3 unspecified atom stereocenters. The van der Waals surface area contributed by atoms with Gasteiger partial charge in [-0.15, -0.1) is 0 Å². The molecule has 0 aromatic heterocycles. The Morgan fingerprint density at radius 2 is 2.22 bits per heavy atom. The van der Waals surface area contributed by atoms with E-state index in [1.54, 1.807) is 0 Å². The van der Waals surface area contributed by atoms with Crippen LogP contribution >= 0.6 is 0 Å². The van der Waals surface area contributed by atoms with Gasteiger partial charge in [-0.3, -0.25) is 4.90 Å². The van der Waals surface area contributed by atoms with Crippen molar-refractivity contribution in [1.82, 2.24) is 10.2 Å². The van der Waals surface area contributed by atoms with Gasteiger partial charge >= 0.3 is 0 Å². The smallest absolute Gasteiger partial charge is 0.0702 e. The van der Waals surface area contributed by atoms with Crippen LogP contribution in [0.3, 0.4) is 0 Å². The maximum atomic E-state index is 5.74. The van der Waals surface area contributed by atoms with Gasteiger partial charge in [0.1, 0.15) is 0 Å². The van der Waals surface area contributed by atoms with Crippen LogP contribution in [0.1, 0.15) is 26.2 Å². The maximum absolute atomic E-state index is 5.74. The third kappa shape index (κ3) is 3.92. The molecule has 0 aliphatic carbocycles. The van der Waals surface area contributed by atoms with E-state index in [4.69, 9.17) is 9.47 Å². The molecule has 4 nitrogen and oxygen atoms in total. The van der Waals surface area contributed by atoms with Crippen LogP contribution in [0.15, 0.2) is 0 Å². The van der Waals surface area contributed by atoms with Crippen LogP contribution in [-0.2, 0) is 9.47 Å². The number of likely N-dealkylation sites (N-methyl/N-ethyl adjacent to an activating group) is 2. The zero-order chi connectivity index (χ0) is 12.8. The van der Waals surface area contributed by atoms with Gasteiger partial charge in [0.05, 0.1) is 12.7 Å². The maximum Gasteiger partial charge on any atom is 0.0702 e. The van der Waals surface area contributed by atoms with Crippen molar-refractivity contribution in [3.8, 4) is 0 Å². The van der Waals surface area contributed by atoms with Crippen molar-refractivity contribution in [2.24, 2.45) is 5.92 Å². The van der Waals surface area contributed by atoms with Gasteiger partial charge in [-0.1, -0.05) is 6.92 Å². The first-order chi connectivity index (χ1) is 8.83. The predicted octanol–water partition coefficient (Wildman–Crippen LogP) is 1.11. The Morgan fingerprint density at radius 3 is 2.78 bits per heavy atom. The monoisotopic (exact) mass is 256 g/mol. The SMILES string of the molecule is CCN(CC1CCCO1)CC(NC)C1CCOC1. The first-order valence-electron chi connectivity index (χ1n) is 7.42. The lowest BCUT2D eigenvalue weighted by Crippen LogP contribution is -2.46. The Balaban J connectivity index is 1.78. The van der Waals surface area contributed by atoms with E-state index in [1.807, 2.05) is 0 Å². The summed E-state index contributed by atoms with van der Waals surface area (Å²) in [7, 11) is 2.07. The molecule has 106 valence electrons. The van der Waals surface area contributed by atoms with Gasteiger partial charge < -0.3 is 14.8 Å². The summed E-state index contributed by atoms with van der Waals surface area (Å²) < 4.78 is 11.2. The van der Waals surface area contributed by atoms with Crippen molar-refractivity contribution < 1.29 is 9.47 Å². The largest absolute Gasteiger partial charge is 0.381 e. The van der Waals surface area contributed by atoms with Crippen molar-refractivity contribution in [1.29, 1.82) is 0 Å². The Kier molecular flexibility index (Phi) is 5.89. The summed E-state index contributed by atoms with van der Waals surface area (Å²) in [6.45, 7) is 8.35. The average Bonchev–Trinajstić information content (AvgIpc) is 3.07. The van der Waals surface area contributed by atoms with Crippen LogP contribution in [-0.4, -0.2) is 63.5 Å². The molecule has 1 N–H and O–H groups in total. The second kappa shape index (κ2) is 7.43. The number of hydrogen-bond acceptors (Lipinski definition) is 4. The molecule has 2 heterocycles. The third-order valence-corrected chi connectivity index (χ3v) is 4.29. The second-order valence-corrected chi connectivity index (χ2v) is 5.51. The molecule has 4 heteroatoms. The van der Waals surface area contributed by atoms with Crippen molar-refractivity contribution >= 4 is 0 Å². The molecule has 0 spiro atoms. The Labute approximate surface area is 111 Å². The quantitative estimate of drug-likeness (QED) is 0.740. The topological polar surface area (TPSA) is 33.7 Å². The molecule has 0 saturated carbocycles. The summed E-state index contributed by atoms with van der Waals surface area (Å²) in [6.07, 6.45) is 4.12. The van der Waals surface area contributed by atoms with E-state index in [9.17, 15) is 0 Å². The molecule has 2 rings (SSSR count). The van der Waals surface area contributed by atoms with E-state index in [0.29, 0.717) is 18.1 Å². The molecule has 2 aliphatic rings. The van der Waals surface area contributed by atoms with Gasteiger partial charge in [0, 0.05) is 38.3 Å². The van der Waals surface area contributed by atoms with Crippen LogP contribution in [0.4, 0.5) is 0 Å². The Bertz CT molecular complexity index is 226. The molecule has 2 fully saturated rings. The van der Waals surface area contributed by atoms with E-state index < -0.39 is 0 Å².